The van der Waals surface area contributed by atoms with Crippen molar-refractivity contribution in [3.05, 3.63) is 36.4 Å². The number of aromatic nitrogens is 1. The molecule has 8 heteroatoms. The fourth-order valence-corrected chi connectivity index (χ4v) is 5.29. The zero-order chi connectivity index (χ0) is 18.3. The Morgan fingerprint density at radius 1 is 1.27 bits per heavy atom. The van der Waals surface area contributed by atoms with Gasteiger partial charge in [0.05, 0.1) is 22.4 Å². The summed E-state index contributed by atoms with van der Waals surface area (Å²) in [4.78, 5) is 17.1. The van der Waals surface area contributed by atoms with Gasteiger partial charge in [0.2, 0.25) is 15.9 Å². The Hall–Kier alpha value is -2.03. The van der Waals surface area contributed by atoms with Gasteiger partial charge in [-0.25, -0.2) is 17.7 Å². The number of carbonyl (C=O) groups is 1. The quantitative estimate of drug-likeness (QED) is 0.747. The Kier molecular flexibility index (Phi) is 4.42. The molecule has 2 aromatic carbocycles. The van der Waals surface area contributed by atoms with Crippen LogP contribution in [-0.2, 0) is 14.8 Å². The molecule has 1 aliphatic heterocycles. The molecule has 0 spiro atoms. The third kappa shape index (κ3) is 3.32. The molecule has 3 aromatic rings. The van der Waals surface area contributed by atoms with Crippen LogP contribution in [0.5, 0.6) is 0 Å². The molecule has 2 heterocycles. The molecular weight excluding hydrogens is 370 g/mol. The number of nitrogens with one attached hydrogen (secondary N) is 1. The number of rotatable bonds is 3. The van der Waals surface area contributed by atoms with Gasteiger partial charge in [-0.2, -0.15) is 0 Å². The van der Waals surface area contributed by atoms with Crippen LogP contribution in [0.15, 0.2) is 36.4 Å². The second-order valence-corrected chi connectivity index (χ2v) is 9.58. The molecule has 1 fully saturated rings. The Morgan fingerprint density at radius 2 is 2.08 bits per heavy atom. The van der Waals surface area contributed by atoms with E-state index in [4.69, 9.17) is 0 Å². The Labute approximate surface area is 155 Å². The number of nitrogens with zero attached hydrogens (tertiary/aromatic N) is 2. The molecule has 1 N–H and O–H groups in total. The van der Waals surface area contributed by atoms with E-state index in [0.29, 0.717) is 24.5 Å². The molecule has 0 radical (unpaired) electrons. The van der Waals surface area contributed by atoms with Gasteiger partial charge in [-0.3, -0.25) is 4.79 Å². The third-order valence-corrected chi connectivity index (χ3v) is 7.02. The van der Waals surface area contributed by atoms with Crippen molar-refractivity contribution in [1.82, 2.24) is 9.29 Å². The highest BCUT2D eigenvalue weighted by atomic mass is 32.2. The minimum Gasteiger partial charge on any atom is -0.302 e. The number of fused-ring (bicyclic) bond motifs is 3. The maximum Gasteiger partial charge on any atom is 0.230 e. The van der Waals surface area contributed by atoms with Crippen LogP contribution in [0.1, 0.15) is 12.8 Å². The summed E-state index contributed by atoms with van der Waals surface area (Å²) in [6.07, 6.45) is 2.56. The first kappa shape index (κ1) is 17.4. The number of carbonyl (C=O) groups excluding carboxylic acids is 1. The Balaban J connectivity index is 1.57. The number of thiazole rings is 1. The van der Waals surface area contributed by atoms with Crippen molar-refractivity contribution in [2.75, 3.05) is 24.7 Å². The molecule has 0 bridgehead atoms. The number of piperidine rings is 1. The van der Waals surface area contributed by atoms with Crippen molar-refractivity contribution in [2.45, 2.75) is 12.8 Å². The largest absolute Gasteiger partial charge is 0.302 e. The van der Waals surface area contributed by atoms with E-state index < -0.39 is 10.0 Å². The van der Waals surface area contributed by atoms with Crippen molar-refractivity contribution >= 4 is 53.4 Å². The van der Waals surface area contributed by atoms with Crippen LogP contribution >= 0.6 is 11.3 Å². The highest BCUT2D eigenvalue weighted by Gasteiger charge is 2.30. The van der Waals surface area contributed by atoms with Gasteiger partial charge in [-0.05, 0) is 24.3 Å². The van der Waals surface area contributed by atoms with Gasteiger partial charge < -0.3 is 5.32 Å². The number of sulfonamides is 1. The second kappa shape index (κ2) is 6.61. The standard InChI is InChI=1S/C18H19N3O3S2/c1-26(23,24)21-10-4-6-13(11-21)17(22)20-18-19-15-9-8-12-5-2-3-7-14(12)16(15)25-18/h2-3,5,7-9,13H,4,6,10-11H2,1H3,(H,19,20,22). The molecule has 26 heavy (non-hydrogen) atoms. The molecule has 1 unspecified atom stereocenters. The molecule has 0 aliphatic carbocycles. The molecule has 136 valence electrons. The normalized spacial score (nSPS) is 19.0. The fraction of sp³-hybridized carbons (Fsp3) is 0.333. The number of benzene rings is 2. The van der Waals surface area contributed by atoms with E-state index >= 15 is 0 Å². The minimum atomic E-state index is -3.27. The maximum atomic E-state index is 12.6. The number of hydrogen-bond donors (Lipinski definition) is 1. The predicted octanol–water partition coefficient (Wildman–Crippen LogP) is 3.06. The highest BCUT2D eigenvalue weighted by molar-refractivity contribution is 7.88. The van der Waals surface area contributed by atoms with Crippen molar-refractivity contribution in [3.8, 4) is 0 Å². The number of amides is 1. The SMILES string of the molecule is CS(=O)(=O)N1CCCC(C(=O)Nc2nc3ccc4ccccc4c3s2)C1. The van der Waals surface area contributed by atoms with E-state index in [-0.39, 0.29) is 18.4 Å². The van der Waals surface area contributed by atoms with Crippen molar-refractivity contribution in [3.63, 3.8) is 0 Å². The lowest BCUT2D eigenvalue weighted by Crippen LogP contribution is -2.43. The van der Waals surface area contributed by atoms with Crippen molar-refractivity contribution in [2.24, 2.45) is 5.92 Å². The average molecular weight is 390 g/mol. The zero-order valence-electron chi connectivity index (χ0n) is 14.3. The summed E-state index contributed by atoms with van der Waals surface area (Å²) < 4.78 is 25.9. The lowest BCUT2D eigenvalue weighted by molar-refractivity contribution is -0.120. The summed E-state index contributed by atoms with van der Waals surface area (Å²) in [5.74, 6) is -0.510. The first-order chi connectivity index (χ1) is 12.4. The Bertz CT molecular complexity index is 1090. The van der Waals surface area contributed by atoms with Crippen LogP contribution in [0.2, 0.25) is 0 Å². The minimum absolute atomic E-state index is 0.165. The molecule has 4 rings (SSSR count). The van der Waals surface area contributed by atoms with Crippen LogP contribution in [0, 0.1) is 5.92 Å². The monoisotopic (exact) mass is 389 g/mol. The summed E-state index contributed by atoms with van der Waals surface area (Å²) in [6, 6.07) is 12.1. The first-order valence-electron chi connectivity index (χ1n) is 8.46. The molecule has 1 aliphatic rings. The molecule has 1 atom stereocenters. The molecule has 1 aromatic heterocycles. The number of anilines is 1. The summed E-state index contributed by atoms with van der Waals surface area (Å²) >= 11 is 1.45. The van der Waals surface area contributed by atoms with Gasteiger partial charge in [0.1, 0.15) is 0 Å². The van der Waals surface area contributed by atoms with Gasteiger partial charge in [-0.1, -0.05) is 41.7 Å². The lowest BCUT2D eigenvalue weighted by Gasteiger charge is -2.29. The summed E-state index contributed by atoms with van der Waals surface area (Å²) in [5.41, 5.74) is 0.852. The topological polar surface area (TPSA) is 79.4 Å². The van der Waals surface area contributed by atoms with E-state index in [1.165, 1.54) is 21.9 Å². The second-order valence-electron chi connectivity index (χ2n) is 6.60. The number of hydrogen-bond acceptors (Lipinski definition) is 5. The smallest absolute Gasteiger partial charge is 0.230 e. The molecule has 6 nitrogen and oxygen atoms in total. The highest BCUT2D eigenvalue weighted by Crippen LogP contribution is 2.33. The molecule has 0 saturated carbocycles. The summed E-state index contributed by atoms with van der Waals surface area (Å²) in [6.45, 7) is 0.717. The predicted molar refractivity (Wildman–Crippen MR) is 105 cm³/mol. The van der Waals surface area contributed by atoms with Gasteiger partial charge in [0.15, 0.2) is 5.13 Å². The van der Waals surface area contributed by atoms with E-state index in [0.717, 1.165) is 21.0 Å². The van der Waals surface area contributed by atoms with E-state index in [1.807, 2.05) is 30.3 Å². The zero-order valence-corrected chi connectivity index (χ0v) is 15.9. The van der Waals surface area contributed by atoms with Crippen molar-refractivity contribution in [1.29, 1.82) is 0 Å². The molecule has 1 amide bonds. The van der Waals surface area contributed by atoms with Crippen LogP contribution in [0.3, 0.4) is 0 Å². The van der Waals surface area contributed by atoms with Crippen LogP contribution in [0.25, 0.3) is 21.0 Å². The molecule has 1 saturated heterocycles. The van der Waals surface area contributed by atoms with Crippen LogP contribution in [-0.4, -0.2) is 43.0 Å². The summed E-state index contributed by atoms with van der Waals surface area (Å²) in [5, 5.41) is 5.69. The van der Waals surface area contributed by atoms with Gasteiger partial charge >= 0.3 is 0 Å². The summed E-state index contributed by atoms with van der Waals surface area (Å²) in [7, 11) is -3.27. The van der Waals surface area contributed by atoms with Gasteiger partial charge in [0.25, 0.3) is 0 Å². The average Bonchev–Trinajstić information content (AvgIpc) is 3.04. The van der Waals surface area contributed by atoms with E-state index in [2.05, 4.69) is 16.4 Å². The first-order valence-corrected chi connectivity index (χ1v) is 11.1. The fourth-order valence-electron chi connectivity index (χ4n) is 3.37. The third-order valence-electron chi connectivity index (χ3n) is 4.73. The van der Waals surface area contributed by atoms with E-state index in [9.17, 15) is 13.2 Å². The van der Waals surface area contributed by atoms with Gasteiger partial charge in [-0.15, -0.1) is 0 Å². The van der Waals surface area contributed by atoms with Gasteiger partial charge in [0, 0.05) is 18.5 Å². The van der Waals surface area contributed by atoms with Crippen molar-refractivity contribution < 1.29 is 13.2 Å². The molecular formula is C18H19N3O3S2. The van der Waals surface area contributed by atoms with Crippen LogP contribution in [0.4, 0.5) is 5.13 Å². The Morgan fingerprint density at radius 3 is 2.88 bits per heavy atom. The maximum absolute atomic E-state index is 12.6. The van der Waals surface area contributed by atoms with E-state index in [1.54, 1.807) is 0 Å². The lowest BCUT2D eigenvalue weighted by atomic mass is 9.99. The van der Waals surface area contributed by atoms with Crippen LogP contribution < -0.4 is 5.32 Å².